The molecule has 0 aromatic carbocycles. The van der Waals surface area contributed by atoms with E-state index in [0.717, 1.165) is 19.3 Å². The molecule has 2 unspecified atom stereocenters. The minimum absolute atomic E-state index is 0.132. The van der Waals surface area contributed by atoms with Gasteiger partial charge in [-0.25, -0.2) is 0 Å². The topological polar surface area (TPSA) is 71.1 Å². The Morgan fingerprint density at radius 1 is 1.30 bits per heavy atom. The van der Waals surface area contributed by atoms with Gasteiger partial charge in [0.15, 0.2) is 6.29 Å². The van der Waals surface area contributed by atoms with Crippen LogP contribution in [0.1, 0.15) is 46.5 Å². The first-order valence-electron chi connectivity index (χ1n) is 7.11. The highest BCUT2D eigenvalue weighted by molar-refractivity contribution is 5.69. The third kappa shape index (κ3) is 6.86. The molecule has 0 amide bonds. The SMILES string of the molecule is CCOC(=O)CC(C)O[C@H]1CCCC(COC(C)=O)O1. The Labute approximate surface area is 119 Å². The third-order valence-electron chi connectivity index (χ3n) is 2.93. The van der Waals surface area contributed by atoms with Crippen LogP contribution in [0.2, 0.25) is 0 Å². The van der Waals surface area contributed by atoms with E-state index in [9.17, 15) is 9.59 Å². The zero-order valence-corrected chi connectivity index (χ0v) is 12.4. The number of carbonyl (C=O) groups is 2. The highest BCUT2D eigenvalue weighted by atomic mass is 16.7. The summed E-state index contributed by atoms with van der Waals surface area (Å²) in [6.45, 7) is 5.58. The zero-order valence-electron chi connectivity index (χ0n) is 12.4. The Morgan fingerprint density at radius 2 is 2.05 bits per heavy atom. The second-order valence-electron chi connectivity index (χ2n) is 4.88. The number of hydrogen-bond donors (Lipinski definition) is 0. The fraction of sp³-hybridized carbons (Fsp3) is 0.857. The molecule has 1 rings (SSSR count). The van der Waals surface area contributed by atoms with Gasteiger partial charge in [0.1, 0.15) is 6.61 Å². The molecule has 0 aromatic heterocycles. The lowest BCUT2D eigenvalue weighted by atomic mass is 10.1. The molecule has 3 atom stereocenters. The van der Waals surface area contributed by atoms with E-state index in [1.807, 2.05) is 6.92 Å². The molecular weight excluding hydrogens is 264 g/mol. The summed E-state index contributed by atoms with van der Waals surface area (Å²) in [7, 11) is 0. The van der Waals surface area contributed by atoms with Gasteiger partial charge in [0.2, 0.25) is 0 Å². The van der Waals surface area contributed by atoms with E-state index in [0.29, 0.717) is 6.61 Å². The first kappa shape index (κ1) is 16.9. The van der Waals surface area contributed by atoms with Gasteiger partial charge in [-0.3, -0.25) is 9.59 Å². The van der Waals surface area contributed by atoms with Gasteiger partial charge in [-0.15, -0.1) is 0 Å². The van der Waals surface area contributed by atoms with Crippen LogP contribution in [0.15, 0.2) is 0 Å². The van der Waals surface area contributed by atoms with Gasteiger partial charge in [0.05, 0.1) is 25.2 Å². The number of hydrogen-bond acceptors (Lipinski definition) is 6. The molecule has 0 bridgehead atoms. The molecule has 20 heavy (non-hydrogen) atoms. The number of ether oxygens (including phenoxy) is 4. The van der Waals surface area contributed by atoms with Crippen LogP contribution in [0.4, 0.5) is 0 Å². The fourth-order valence-corrected chi connectivity index (χ4v) is 2.06. The number of esters is 2. The molecule has 116 valence electrons. The summed E-state index contributed by atoms with van der Waals surface area (Å²) in [5.41, 5.74) is 0. The molecular formula is C14H24O6. The van der Waals surface area contributed by atoms with Crippen LogP contribution in [0.3, 0.4) is 0 Å². The highest BCUT2D eigenvalue weighted by Gasteiger charge is 2.25. The zero-order chi connectivity index (χ0) is 15.0. The maximum absolute atomic E-state index is 11.3. The van der Waals surface area contributed by atoms with Gasteiger partial charge in [-0.2, -0.15) is 0 Å². The Morgan fingerprint density at radius 3 is 2.70 bits per heavy atom. The predicted octanol–water partition coefficient (Wildman–Crippen LogP) is 1.80. The molecule has 1 fully saturated rings. The third-order valence-corrected chi connectivity index (χ3v) is 2.93. The molecule has 0 saturated carbocycles. The average molecular weight is 288 g/mol. The molecule has 0 radical (unpaired) electrons. The summed E-state index contributed by atoms with van der Waals surface area (Å²) in [6.07, 6.45) is 2.04. The van der Waals surface area contributed by atoms with Gasteiger partial charge in [0.25, 0.3) is 0 Å². The van der Waals surface area contributed by atoms with Crippen molar-refractivity contribution in [3.05, 3.63) is 0 Å². The van der Waals surface area contributed by atoms with Crippen LogP contribution in [0.5, 0.6) is 0 Å². The van der Waals surface area contributed by atoms with Gasteiger partial charge in [-0.1, -0.05) is 0 Å². The van der Waals surface area contributed by atoms with Crippen molar-refractivity contribution in [3.8, 4) is 0 Å². The molecule has 1 aliphatic rings. The quantitative estimate of drug-likeness (QED) is 0.665. The maximum Gasteiger partial charge on any atom is 0.308 e. The summed E-state index contributed by atoms with van der Waals surface area (Å²) in [5.74, 6) is -0.584. The molecule has 6 nitrogen and oxygen atoms in total. The van der Waals surface area contributed by atoms with E-state index in [1.54, 1.807) is 6.92 Å². The predicted molar refractivity (Wildman–Crippen MR) is 70.9 cm³/mol. The van der Waals surface area contributed by atoms with Crippen LogP contribution < -0.4 is 0 Å². The molecule has 0 spiro atoms. The van der Waals surface area contributed by atoms with Gasteiger partial charge >= 0.3 is 11.9 Å². The lowest BCUT2D eigenvalue weighted by Gasteiger charge is -2.31. The first-order valence-corrected chi connectivity index (χ1v) is 7.11. The summed E-state index contributed by atoms with van der Waals surface area (Å²) in [5, 5.41) is 0. The standard InChI is InChI=1S/C14H24O6/c1-4-17-13(16)8-10(2)19-14-7-5-6-12(20-14)9-18-11(3)15/h10,12,14H,4-9H2,1-3H3/t10?,12?,14-/m1/s1. The van der Waals surface area contributed by atoms with Crippen LogP contribution in [-0.4, -0.2) is 43.7 Å². The van der Waals surface area contributed by atoms with E-state index in [4.69, 9.17) is 18.9 Å². The monoisotopic (exact) mass is 288 g/mol. The van der Waals surface area contributed by atoms with E-state index in [-0.39, 0.29) is 43.5 Å². The Hall–Kier alpha value is -1.14. The van der Waals surface area contributed by atoms with Crippen molar-refractivity contribution < 1.29 is 28.5 Å². The second kappa shape index (κ2) is 8.92. The lowest BCUT2D eigenvalue weighted by Crippen LogP contribution is -2.35. The Bertz CT molecular complexity index is 317. The minimum Gasteiger partial charge on any atom is -0.466 e. The van der Waals surface area contributed by atoms with Crippen molar-refractivity contribution in [3.63, 3.8) is 0 Å². The smallest absolute Gasteiger partial charge is 0.308 e. The van der Waals surface area contributed by atoms with E-state index in [1.165, 1.54) is 6.92 Å². The largest absolute Gasteiger partial charge is 0.466 e. The average Bonchev–Trinajstić information content (AvgIpc) is 2.36. The molecule has 6 heteroatoms. The Kier molecular flexibility index (Phi) is 7.54. The summed E-state index contributed by atoms with van der Waals surface area (Å²) in [4.78, 5) is 22.1. The molecule has 1 heterocycles. The first-order chi connectivity index (χ1) is 9.51. The van der Waals surface area contributed by atoms with E-state index in [2.05, 4.69) is 0 Å². The maximum atomic E-state index is 11.3. The fourth-order valence-electron chi connectivity index (χ4n) is 2.06. The second-order valence-corrected chi connectivity index (χ2v) is 4.88. The van der Waals surface area contributed by atoms with Crippen molar-refractivity contribution >= 4 is 11.9 Å². The minimum atomic E-state index is -0.353. The van der Waals surface area contributed by atoms with Crippen molar-refractivity contribution in [2.24, 2.45) is 0 Å². The van der Waals surface area contributed by atoms with Gasteiger partial charge < -0.3 is 18.9 Å². The van der Waals surface area contributed by atoms with Crippen LogP contribution >= 0.6 is 0 Å². The molecule has 1 aliphatic heterocycles. The molecule has 1 saturated heterocycles. The lowest BCUT2D eigenvalue weighted by molar-refractivity contribution is -0.222. The Balaban J connectivity index is 2.28. The summed E-state index contributed by atoms with van der Waals surface area (Å²) < 4.78 is 21.2. The van der Waals surface area contributed by atoms with Crippen molar-refractivity contribution in [1.29, 1.82) is 0 Å². The van der Waals surface area contributed by atoms with Gasteiger partial charge in [0, 0.05) is 6.92 Å². The van der Waals surface area contributed by atoms with E-state index >= 15 is 0 Å². The highest BCUT2D eigenvalue weighted by Crippen LogP contribution is 2.22. The normalized spacial score (nSPS) is 23.9. The van der Waals surface area contributed by atoms with Crippen LogP contribution in [-0.2, 0) is 28.5 Å². The van der Waals surface area contributed by atoms with Crippen LogP contribution in [0, 0.1) is 0 Å². The van der Waals surface area contributed by atoms with Crippen LogP contribution in [0.25, 0.3) is 0 Å². The van der Waals surface area contributed by atoms with Crippen molar-refractivity contribution in [1.82, 2.24) is 0 Å². The van der Waals surface area contributed by atoms with Crippen molar-refractivity contribution in [2.45, 2.75) is 65.0 Å². The molecule has 0 N–H and O–H groups in total. The number of carbonyl (C=O) groups excluding carboxylic acids is 2. The number of rotatable bonds is 7. The van der Waals surface area contributed by atoms with E-state index < -0.39 is 0 Å². The molecule has 0 aliphatic carbocycles. The summed E-state index contributed by atoms with van der Waals surface area (Å²) >= 11 is 0. The van der Waals surface area contributed by atoms with Gasteiger partial charge in [-0.05, 0) is 33.1 Å². The van der Waals surface area contributed by atoms with Crippen molar-refractivity contribution in [2.75, 3.05) is 13.2 Å². The summed E-state index contributed by atoms with van der Waals surface area (Å²) in [6, 6.07) is 0. The molecule has 0 aromatic rings.